The zero-order valence-corrected chi connectivity index (χ0v) is 12.1. The molecule has 0 saturated carbocycles. The minimum absolute atomic E-state index is 0.569. The summed E-state index contributed by atoms with van der Waals surface area (Å²) >= 11 is 0. The highest BCUT2D eigenvalue weighted by molar-refractivity contribution is 5.32. The van der Waals surface area contributed by atoms with Gasteiger partial charge in [-0.3, -0.25) is 4.90 Å². The fourth-order valence-corrected chi connectivity index (χ4v) is 3.69. The Balaban J connectivity index is 1.55. The van der Waals surface area contributed by atoms with Gasteiger partial charge in [0.05, 0.1) is 6.61 Å². The van der Waals surface area contributed by atoms with Crippen molar-refractivity contribution in [3.8, 4) is 5.88 Å². The van der Waals surface area contributed by atoms with Crippen LogP contribution in [0.1, 0.15) is 23.5 Å². The molecule has 21 heavy (non-hydrogen) atoms. The van der Waals surface area contributed by atoms with Crippen molar-refractivity contribution >= 4 is 0 Å². The van der Waals surface area contributed by atoms with E-state index in [1.165, 1.54) is 11.1 Å². The van der Waals surface area contributed by atoms with Crippen molar-refractivity contribution in [2.24, 2.45) is 5.92 Å². The second-order valence-electron chi connectivity index (χ2n) is 6.08. The van der Waals surface area contributed by atoms with Crippen molar-refractivity contribution < 1.29 is 4.74 Å². The van der Waals surface area contributed by atoms with Crippen LogP contribution in [0.4, 0.5) is 0 Å². The molecule has 1 aromatic carbocycles. The third-order valence-electron chi connectivity index (χ3n) is 4.69. The van der Waals surface area contributed by atoms with E-state index >= 15 is 0 Å². The van der Waals surface area contributed by atoms with Gasteiger partial charge in [-0.25, -0.2) is 4.98 Å². The first kappa shape index (κ1) is 12.8. The lowest BCUT2D eigenvalue weighted by Gasteiger charge is -2.17. The molecule has 2 aromatic rings. The average Bonchev–Trinajstić information content (AvgIpc) is 2.83. The number of fused-ring (bicyclic) bond motifs is 3. The molecular formula is C18H20N2O. The van der Waals surface area contributed by atoms with E-state index in [0.717, 1.165) is 38.5 Å². The number of rotatable bonds is 2. The molecule has 3 heteroatoms. The van der Waals surface area contributed by atoms with Gasteiger partial charge in [-0.2, -0.15) is 0 Å². The van der Waals surface area contributed by atoms with Crippen LogP contribution in [0.3, 0.4) is 0 Å². The van der Waals surface area contributed by atoms with E-state index in [9.17, 15) is 0 Å². The molecule has 0 amide bonds. The molecule has 1 saturated heterocycles. The van der Waals surface area contributed by atoms with Gasteiger partial charge in [-0.1, -0.05) is 36.4 Å². The fraction of sp³-hybridized carbons (Fsp3) is 0.389. The standard InChI is InChI=1S/C18H20N2O/c1-2-5-14(6-3-1)11-20-12-15-8-10-21-18-16(17(15)13-20)7-4-9-19-18/h1-7,9,15,17H,8,10-13H2/t15-,17-/m1/s1. The number of hydrogen-bond donors (Lipinski definition) is 0. The van der Waals surface area contributed by atoms with Gasteiger partial charge < -0.3 is 4.74 Å². The molecule has 2 atom stereocenters. The molecule has 2 aliphatic rings. The monoisotopic (exact) mass is 280 g/mol. The Morgan fingerprint density at radius 2 is 2.00 bits per heavy atom. The Labute approximate surface area is 125 Å². The van der Waals surface area contributed by atoms with Gasteiger partial charge in [0.2, 0.25) is 5.88 Å². The molecule has 0 N–H and O–H groups in total. The Morgan fingerprint density at radius 1 is 1.10 bits per heavy atom. The number of likely N-dealkylation sites (tertiary alicyclic amines) is 1. The van der Waals surface area contributed by atoms with Crippen LogP contribution < -0.4 is 4.74 Å². The molecule has 108 valence electrons. The van der Waals surface area contributed by atoms with Gasteiger partial charge in [0.1, 0.15) is 0 Å². The summed E-state index contributed by atoms with van der Waals surface area (Å²) < 4.78 is 5.81. The van der Waals surface area contributed by atoms with E-state index in [1.807, 2.05) is 12.3 Å². The Hall–Kier alpha value is -1.87. The molecule has 0 aliphatic carbocycles. The van der Waals surface area contributed by atoms with Crippen LogP contribution >= 0.6 is 0 Å². The first-order valence-electron chi connectivity index (χ1n) is 7.74. The first-order chi connectivity index (χ1) is 10.4. The van der Waals surface area contributed by atoms with E-state index in [4.69, 9.17) is 4.74 Å². The van der Waals surface area contributed by atoms with E-state index in [2.05, 4.69) is 46.3 Å². The van der Waals surface area contributed by atoms with Gasteiger partial charge >= 0.3 is 0 Å². The lowest BCUT2D eigenvalue weighted by Crippen LogP contribution is -2.21. The summed E-state index contributed by atoms with van der Waals surface area (Å²) in [6.07, 6.45) is 2.96. The molecule has 2 aliphatic heterocycles. The van der Waals surface area contributed by atoms with Crippen LogP contribution in [0.5, 0.6) is 5.88 Å². The van der Waals surface area contributed by atoms with Crippen LogP contribution in [0.2, 0.25) is 0 Å². The number of nitrogens with zero attached hydrogens (tertiary/aromatic N) is 2. The molecule has 3 heterocycles. The zero-order valence-electron chi connectivity index (χ0n) is 12.1. The number of ether oxygens (including phenoxy) is 1. The summed E-state index contributed by atoms with van der Waals surface area (Å²) in [5.74, 6) is 2.12. The highest BCUT2D eigenvalue weighted by atomic mass is 16.5. The highest BCUT2D eigenvalue weighted by Crippen LogP contribution is 2.40. The number of benzene rings is 1. The number of aromatic nitrogens is 1. The maximum absolute atomic E-state index is 5.81. The minimum Gasteiger partial charge on any atom is -0.477 e. The fourth-order valence-electron chi connectivity index (χ4n) is 3.69. The van der Waals surface area contributed by atoms with Crippen LogP contribution in [0, 0.1) is 5.92 Å². The second kappa shape index (κ2) is 5.49. The van der Waals surface area contributed by atoms with Gasteiger partial charge in [-0.05, 0) is 24.0 Å². The number of pyridine rings is 1. The Morgan fingerprint density at radius 3 is 2.90 bits per heavy atom. The molecule has 0 unspecified atom stereocenters. The van der Waals surface area contributed by atoms with E-state index in [1.54, 1.807) is 0 Å². The molecule has 0 bridgehead atoms. The van der Waals surface area contributed by atoms with Crippen molar-refractivity contribution in [2.75, 3.05) is 19.7 Å². The Bertz CT molecular complexity index is 614. The smallest absolute Gasteiger partial charge is 0.216 e. The van der Waals surface area contributed by atoms with Crippen molar-refractivity contribution in [3.05, 3.63) is 59.8 Å². The first-order valence-corrected chi connectivity index (χ1v) is 7.74. The molecule has 0 spiro atoms. The summed E-state index contributed by atoms with van der Waals surface area (Å²) in [7, 11) is 0. The van der Waals surface area contributed by atoms with Gasteiger partial charge in [0.15, 0.2) is 0 Å². The van der Waals surface area contributed by atoms with Crippen molar-refractivity contribution in [1.29, 1.82) is 0 Å². The number of hydrogen-bond acceptors (Lipinski definition) is 3. The highest BCUT2D eigenvalue weighted by Gasteiger charge is 2.37. The average molecular weight is 280 g/mol. The second-order valence-corrected chi connectivity index (χ2v) is 6.08. The molecule has 0 radical (unpaired) electrons. The van der Waals surface area contributed by atoms with Gasteiger partial charge in [0.25, 0.3) is 0 Å². The summed E-state index contributed by atoms with van der Waals surface area (Å²) in [5.41, 5.74) is 2.70. The van der Waals surface area contributed by atoms with Crippen LogP contribution in [-0.2, 0) is 6.54 Å². The topological polar surface area (TPSA) is 25.4 Å². The SMILES string of the molecule is c1ccc(CN2C[C@H]3CCOc4ncccc4[C@@H]3C2)cc1. The van der Waals surface area contributed by atoms with Crippen LogP contribution in [0.25, 0.3) is 0 Å². The molecule has 4 rings (SSSR count). The summed E-state index contributed by atoms with van der Waals surface area (Å²) in [5, 5.41) is 0. The maximum atomic E-state index is 5.81. The predicted octanol–water partition coefficient (Wildman–Crippen LogP) is 3.08. The van der Waals surface area contributed by atoms with Crippen LogP contribution in [-0.4, -0.2) is 29.6 Å². The normalized spacial score (nSPS) is 24.8. The maximum Gasteiger partial charge on any atom is 0.216 e. The largest absolute Gasteiger partial charge is 0.477 e. The summed E-state index contributed by atoms with van der Waals surface area (Å²) in [6, 6.07) is 15.0. The molecule has 1 fully saturated rings. The molecule has 3 nitrogen and oxygen atoms in total. The lowest BCUT2D eigenvalue weighted by atomic mass is 9.88. The zero-order chi connectivity index (χ0) is 14.1. The third kappa shape index (κ3) is 2.54. The summed E-state index contributed by atoms with van der Waals surface area (Å²) in [4.78, 5) is 6.98. The third-order valence-corrected chi connectivity index (χ3v) is 4.69. The molecule has 1 aromatic heterocycles. The Kier molecular flexibility index (Phi) is 3.36. The van der Waals surface area contributed by atoms with Crippen molar-refractivity contribution in [3.63, 3.8) is 0 Å². The lowest BCUT2D eigenvalue weighted by molar-refractivity contribution is 0.265. The molecular weight excluding hydrogens is 260 g/mol. The van der Waals surface area contributed by atoms with E-state index in [-0.39, 0.29) is 0 Å². The van der Waals surface area contributed by atoms with E-state index in [0.29, 0.717) is 11.8 Å². The van der Waals surface area contributed by atoms with Crippen LogP contribution in [0.15, 0.2) is 48.7 Å². The summed E-state index contributed by atoms with van der Waals surface area (Å²) in [6.45, 7) is 4.12. The minimum atomic E-state index is 0.569. The quantitative estimate of drug-likeness (QED) is 0.845. The van der Waals surface area contributed by atoms with Gasteiger partial charge in [0, 0.05) is 37.3 Å². The van der Waals surface area contributed by atoms with Crippen molar-refractivity contribution in [1.82, 2.24) is 9.88 Å². The van der Waals surface area contributed by atoms with E-state index < -0.39 is 0 Å². The van der Waals surface area contributed by atoms with Gasteiger partial charge in [-0.15, -0.1) is 0 Å². The van der Waals surface area contributed by atoms with Crippen molar-refractivity contribution in [2.45, 2.75) is 18.9 Å². The predicted molar refractivity (Wildman–Crippen MR) is 82.3 cm³/mol.